The fraction of sp³-hybridized carbons (Fsp3) is 0.467. The summed E-state index contributed by atoms with van der Waals surface area (Å²) in [5, 5.41) is 9.00. The first-order valence-electron chi connectivity index (χ1n) is 6.99. The average Bonchev–Trinajstić information content (AvgIpc) is 3.08. The van der Waals surface area contributed by atoms with Crippen LogP contribution in [0.3, 0.4) is 0 Å². The van der Waals surface area contributed by atoms with E-state index in [9.17, 15) is 4.79 Å². The van der Waals surface area contributed by atoms with Crippen LogP contribution in [0.25, 0.3) is 11.5 Å². The zero-order chi connectivity index (χ0) is 13.9. The molecule has 20 heavy (non-hydrogen) atoms. The highest BCUT2D eigenvalue weighted by molar-refractivity contribution is 5.72. The van der Waals surface area contributed by atoms with E-state index in [1.807, 2.05) is 0 Å². The molecule has 1 N–H and O–H groups in total. The van der Waals surface area contributed by atoms with Crippen LogP contribution in [0.5, 0.6) is 0 Å². The molecule has 1 fully saturated rings. The summed E-state index contributed by atoms with van der Waals surface area (Å²) in [5.74, 6) is 1.04. The summed E-state index contributed by atoms with van der Waals surface area (Å²) in [6.07, 6.45) is 7.13. The van der Waals surface area contributed by atoms with Gasteiger partial charge in [0.2, 0.25) is 0 Å². The molecule has 0 atom stereocenters. The molecular formula is C15H17NO4. The first-order valence-corrected chi connectivity index (χ1v) is 6.99. The van der Waals surface area contributed by atoms with Crippen LogP contribution in [0.4, 0.5) is 0 Å². The van der Waals surface area contributed by atoms with E-state index in [0.29, 0.717) is 29.0 Å². The lowest BCUT2D eigenvalue weighted by atomic mass is 9.89. The quantitative estimate of drug-likeness (QED) is 0.922. The van der Waals surface area contributed by atoms with Crippen molar-refractivity contribution in [1.82, 2.24) is 4.98 Å². The molecule has 5 heteroatoms. The van der Waals surface area contributed by atoms with Crippen molar-refractivity contribution in [1.29, 1.82) is 0 Å². The molecule has 0 unspecified atom stereocenters. The van der Waals surface area contributed by atoms with Gasteiger partial charge >= 0.3 is 5.97 Å². The molecule has 0 spiro atoms. The van der Waals surface area contributed by atoms with Crippen LogP contribution < -0.4 is 0 Å². The van der Waals surface area contributed by atoms with Gasteiger partial charge in [0.25, 0.3) is 0 Å². The van der Waals surface area contributed by atoms with Gasteiger partial charge in [-0.25, -0.2) is 4.98 Å². The fourth-order valence-corrected chi connectivity index (χ4v) is 2.76. The van der Waals surface area contributed by atoms with Crippen molar-refractivity contribution < 1.29 is 18.7 Å². The maximum absolute atomic E-state index is 11.0. The SMILES string of the molecule is O=C(O)Cc1nc(C2CCCCC2)oc1-c1ccco1. The molecular weight excluding hydrogens is 258 g/mol. The van der Waals surface area contributed by atoms with E-state index in [1.165, 1.54) is 19.3 Å². The monoisotopic (exact) mass is 275 g/mol. The third-order valence-electron chi connectivity index (χ3n) is 3.73. The predicted molar refractivity (Wildman–Crippen MR) is 71.4 cm³/mol. The average molecular weight is 275 g/mol. The standard InChI is InChI=1S/C15H17NO4/c17-13(18)9-11-14(12-7-4-8-19-12)20-15(16-11)10-5-2-1-3-6-10/h4,7-8,10H,1-3,5-6,9H2,(H,17,18). The Morgan fingerprint density at radius 1 is 1.35 bits per heavy atom. The highest BCUT2D eigenvalue weighted by Gasteiger charge is 2.25. The molecule has 2 aromatic heterocycles. The van der Waals surface area contributed by atoms with Gasteiger partial charge in [-0.15, -0.1) is 0 Å². The van der Waals surface area contributed by atoms with E-state index in [4.69, 9.17) is 13.9 Å². The first-order chi connectivity index (χ1) is 9.74. The Labute approximate surface area is 116 Å². The number of furan rings is 1. The Morgan fingerprint density at radius 2 is 2.15 bits per heavy atom. The molecule has 0 aromatic carbocycles. The molecule has 0 aliphatic heterocycles. The zero-order valence-electron chi connectivity index (χ0n) is 11.2. The molecule has 1 aliphatic carbocycles. The lowest BCUT2D eigenvalue weighted by Crippen LogP contribution is -2.06. The van der Waals surface area contributed by atoms with Crippen LogP contribution in [-0.4, -0.2) is 16.1 Å². The van der Waals surface area contributed by atoms with Gasteiger partial charge in [-0.2, -0.15) is 0 Å². The minimum atomic E-state index is -0.915. The molecule has 3 rings (SSSR count). The molecule has 0 radical (unpaired) electrons. The van der Waals surface area contributed by atoms with E-state index >= 15 is 0 Å². The second-order valence-electron chi connectivity index (χ2n) is 5.21. The van der Waals surface area contributed by atoms with Crippen LogP contribution in [0.15, 0.2) is 27.2 Å². The molecule has 2 heterocycles. The summed E-state index contributed by atoms with van der Waals surface area (Å²) < 4.78 is 11.1. The van der Waals surface area contributed by atoms with E-state index in [1.54, 1.807) is 18.4 Å². The highest BCUT2D eigenvalue weighted by Crippen LogP contribution is 2.35. The number of hydrogen-bond donors (Lipinski definition) is 1. The topological polar surface area (TPSA) is 76.5 Å². The van der Waals surface area contributed by atoms with E-state index in [-0.39, 0.29) is 6.42 Å². The first kappa shape index (κ1) is 13.0. The van der Waals surface area contributed by atoms with Crippen molar-refractivity contribution in [2.24, 2.45) is 0 Å². The maximum atomic E-state index is 11.0. The van der Waals surface area contributed by atoms with Crippen LogP contribution in [0.1, 0.15) is 49.6 Å². The minimum Gasteiger partial charge on any atom is -0.481 e. The van der Waals surface area contributed by atoms with Crippen LogP contribution in [0.2, 0.25) is 0 Å². The number of oxazole rings is 1. The second kappa shape index (κ2) is 5.53. The summed E-state index contributed by atoms with van der Waals surface area (Å²) >= 11 is 0. The van der Waals surface area contributed by atoms with E-state index < -0.39 is 5.97 Å². The number of hydrogen-bond acceptors (Lipinski definition) is 4. The predicted octanol–water partition coefficient (Wildman–Crippen LogP) is 3.61. The molecule has 2 aromatic rings. The molecule has 0 bridgehead atoms. The Morgan fingerprint density at radius 3 is 2.80 bits per heavy atom. The number of aliphatic carboxylic acids is 1. The third kappa shape index (κ3) is 2.61. The van der Waals surface area contributed by atoms with Crippen molar-refractivity contribution in [3.05, 3.63) is 30.0 Å². The summed E-state index contributed by atoms with van der Waals surface area (Å²) in [6, 6.07) is 3.51. The molecule has 5 nitrogen and oxygen atoms in total. The van der Waals surface area contributed by atoms with Gasteiger partial charge in [-0.05, 0) is 25.0 Å². The van der Waals surface area contributed by atoms with Crippen LogP contribution >= 0.6 is 0 Å². The smallest absolute Gasteiger partial charge is 0.309 e. The Kier molecular flexibility index (Phi) is 3.58. The molecule has 1 saturated carbocycles. The number of carboxylic acids is 1. The van der Waals surface area contributed by atoms with Crippen molar-refractivity contribution >= 4 is 5.97 Å². The molecule has 0 saturated heterocycles. The second-order valence-corrected chi connectivity index (χ2v) is 5.21. The fourth-order valence-electron chi connectivity index (χ4n) is 2.76. The third-order valence-corrected chi connectivity index (χ3v) is 3.73. The summed E-state index contributed by atoms with van der Waals surface area (Å²) in [6.45, 7) is 0. The molecule has 1 aliphatic rings. The lowest BCUT2D eigenvalue weighted by molar-refractivity contribution is -0.136. The number of carbonyl (C=O) groups is 1. The number of aromatic nitrogens is 1. The highest BCUT2D eigenvalue weighted by atomic mass is 16.4. The minimum absolute atomic E-state index is 0.147. The van der Waals surface area contributed by atoms with Gasteiger partial charge in [0, 0.05) is 5.92 Å². The van der Waals surface area contributed by atoms with Crippen LogP contribution in [0, 0.1) is 0 Å². The number of rotatable bonds is 4. The Hall–Kier alpha value is -2.04. The number of nitrogens with zero attached hydrogens (tertiary/aromatic N) is 1. The van der Waals surface area contributed by atoms with Gasteiger partial charge in [0.15, 0.2) is 17.4 Å². The zero-order valence-corrected chi connectivity index (χ0v) is 11.2. The van der Waals surface area contributed by atoms with Gasteiger partial charge in [-0.1, -0.05) is 19.3 Å². The Bertz CT molecular complexity index is 579. The normalized spacial score (nSPS) is 16.4. The van der Waals surface area contributed by atoms with Gasteiger partial charge < -0.3 is 13.9 Å². The van der Waals surface area contributed by atoms with Gasteiger partial charge in [0.1, 0.15) is 5.69 Å². The molecule has 106 valence electrons. The maximum Gasteiger partial charge on any atom is 0.309 e. The van der Waals surface area contributed by atoms with Crippen molar-refractivity contribution in [2.45, 2.75) is 44.4 Å². The van der Waals surface area contributed by atoms with Crippen molar-refractivity contribution in [2.75, 3.05) is 0 Å². The number of carboxylic acid groups (broad SMARTS) is 1. The largest absolute Gasteiger partial charge is 0.481 e. The van der Waals surface area contributed by atoms with Gasteiger partial charge in [-0.3, -0.25) is 4.79 Å². The lowest BCUT2D eigenvalue weighted by Gasteiger charge is -2.17. The van der Waals surface area contributed by atoms with Crippen molar-refractivity contribution in [3.63, 3.8) is 0 Å². The van der Waals surface area contributed by atoms with Crippen LogP contribution in [-0.2, 0) is 11.2 Å². The summed E-state index contributed by atoms with van der Waals surface area (Å²) in [7, 11) is 0. The molecule has 0 amide bonds. The van der Waals surface area contributed by atoms with E-state index in [2.05, 4.69) is 4.98 Å². The van der Waals surface area contributed by atoms with Gasteiger partial charge in [0.05, 0.1) is 12.7 Å². The summed E-state index contributed by atoms with van der Waals surface area (Å²) in [4.78, 5) is 15.4. The van der Waals surface area contributed by atoms with E-state index in [0.717, 1.165) is 12.8 Å². The van der Waals surface area contributed by atoms with Crippen molar-refractivity contribution in [3.8, 4) is 11.5 Å². The Balaban J connectivity index is 1.94. The summed E-state index contributed by atoms with van der Waals surface area (Å²) in [5.41, 5.74) is 0.452.